The minimum Gasteiger partial charge on any atom is -0.364 e. The van der Waals surface area contributed by atoms with Gasteiger partial charge in [-0.2, -0.15) is 0 Å². The Morgan fingerprint density at radius 1 is 1.89 bits per heavy atom. The number of hydrogen-bond acceptors (Lipinski definition) is 2. The summed E-state index contributed by atoms with van der Waals surface area (Å²) in [6, 6.07) is 0. The summed E-state index contributed by atoms with van der Waals surface area (Å²) in [7, 11) is 0. The standard InChI is InChI=1S/C4H4ClN3O/c5-8-2-7-1-3(8)4(6)9/h1-2H,(H2,6,9). The van der Waals surface area contributed by atoms with Gasteiger partial charge in [0.15, 0.2) is 0 Å². The lowest BCUT2D eigenvalue weighted by Gasteiger charge is -1.88. The van der Waals surface area contributed by atoms with Gasteiger partial charge in [0.1, 0.15) is 12.0 Å². The Bertz CT molecular complexity index is 231. The highest BCUT2D eigenvalue weighted by Crippen LogP contribution is 1.97. The van der Waals surface area contributed by atoms with E-state index in [4.69, 9.17) is 17.5 Å². The van der Waals surface area contributed by atoms with Crippen LogP contribution in [0.4, 0.5) is 0 Å². The summed E-state index contributed by atoms with van der Waals surface area (Å²) in [5, 5.41) is 0. The van der Waals surface area contributed by atoms with E-state index in [1.807, 2.05) is 0 Å². The zero-order chi connectivity index (χ0) is 6.85. The van der Waals surface area contributed by atoms with Crippen molar-refractivity contribution < 1.29 is 4.79 Å². The monoisotopic (exact) mass is 145 g/mol. The molecule has 0 saturated carbocycles. The largest absolute Gasteiger partial charge is 0.364 e. The lowest BCUT2D eigenvalue weighted by Crippen LogP contribution is -2.13. The van der Waals surface area contributed by atoms with E-state index in [1.54, 1.807) is 0 Å². The highest BCUT2D eigenvalue weighted by atomic mass is 35.5. The number of rotatable bonds is 1. The first kappa shape index (κ1) is 6.10. The number of nitrogens with zero attached hydrogens (tertiary/aromatic N) is 2. The third kappa shape index (κ3) is 1.02. The fourth-order valence-corrected chi connectivity index (χ4v) is 0.626. The van der Waals surface area contributed by atoms with Crippen molar-refractivity contribution in [2.75, 3.05) is 0 Å². The number of halogens is 1. The molecule has 0 aromatic carbocycles. The van der Waals surface area contributed by atoms with Crippen LogP contribution in [0.25, 0.3) is 0 Å². The summed E-state index contributed by atoms with van der Waals surface area (Å²) in [5.41, 5.74) is 5.07. The molecule has 1 aromatic heterocycles. The molecule has 0 aliphatic rings. The molecule has 4 nitrogen and oxygen atoms in total. The molecule has 1 heterocycles. The molecule has 0 bridgehead atoms. The van der Waals surface area contributed by atoms with Gasteiger partial charge in [0.2, 0.25) is 0 Å². The van der Waals surface area contributed by atoms with E-state index in [-0.39, 0.29) is 5.69 Å². The van der Waals surface area contributed by atoms with Crippen LogP contribution < -0.4 is 5.73 Å². The van der Waals surface area contributed by atoms with E-state index in [0.717, 1.165) is 4.09 Å². The fraction of sp³-hybridized carbons (Fsp3) is 0. The number of primary amides is 1. The molecule has 1 rings (SSSR count). The Labute approximate surface area is 56.4 Å². The Kier molecular flexibility index (Phi) is 1.40. The number of carbonyl (C=O) groups excluding carboxylic acids is 1. The second-order valence-corrected chi connectivity index (χ2v) is 1.82. The Morgan fingerprint density at radius 3 is 2.78 bits per heavy atom. The Balaban J connectivity index is 3.08. The molecule has 48 valence electrons. The number of carbonyl (C=O) groups is 1. The van der Waals surface area contributed by atoms with Crippen molar-refractivity contribution >= 4 is 17.7 Å². The first-order valence-corrected chi connectivity index (χ1v) is 2.54. The summed E-state index contributed by atoms with van der Waals surface area (Å²) in [5.74, 6) is -0.581. The smallest absolute Gasteiger partial charge is 0.268 e. The summed E-state index contributed by atoms with van der Waals surface area (Å²) >= 11 is 5.39. The summed E-state index contributed by atoms with van der Waals surface area (Å²) < 4.78 is 1.04. The minimum atomic E-state index is -0.581. The van der Waals surface area contributed by atoms with Crippen molar-refractivity contribution in [3.63, 3.8) is 0 Å². The summed E-state index contributed by atoms with van der Waals surface area (Å²) in [4.78, 5) is 13.9. The minimum absolute atomic E-state index is 0.191. The molecular formula is C4H4ClN3O. The average molecular weight is 146 g/mol. The fourth-order valence-electron chi connectivity index (χ4n) is 0.449. The van der Waals surface area contributed by atoms with Gasteiger partial charge in [-0.1, -0.05) is 0 Å². The molecule has 0 fully saturated rings. The summed E-state index contributed by atoms with van der Waals surface area (Å²) in [6.45, 7) is 0. The van der Waals surface area contributed by atoms with Gasteiger partial charge in [0.05, 0.1) is 6.20 Å². The van der Waals surface area contributed by atoms with Gasteiger partial charge in [0, 0.05) is 11.8 Å². The van der Waals surface area contributed by atoms with Gasteiger partial charge < -0.3 is 5.73 Å². The van der Waals surface area contributed by atoms with Crippen LogP contribution in [0.3, 0.4) is 0 Å². The zero-order valence-corrected chi connectivity index (χ0v) is 5.17. The molecule has 0 aliphatic carbocycles. The van der Waals surface area contributed by atoms with Gasteiger partial charge in [-0.15, -0.1) is 0 Å². The van der Waals surface area contributed by atoms with Crippen molar-refractivity contribution in [3.8, 4) is 0 Å². The normalized spacial score (nSPS) is 9.44. The van der Waals surface area contributed by atoms with Crippen LogP contribution in [-0.2, 0) is 0 Å². The lowest BCUT2D eigenvalue weighted by atomic mass is 10.5. The molecule has 0 radical (unpaired) electrons. The maximum atomic E-state index is 10.4. The SMILES string of the molecule is NC(=O)c1cncn1Cl. The van der Waals surface area contributed by atoms with Gasteiger partial charge in [-0.05, 0) is 0 Å². The van der Waals surface area contributed by atoms with Crippen LogP contribution in [0.1, 0.15) is 10.5 Å². The number of nitrogens with two attached hydrogens (primary N) is 1. The summed E-state index contributed by atoms with van der Waals surface area (Å²) in [6.07, 6.45) is 2.59. The quantitative estimate of drug-likeness (QED) is 0.604. The van der Waals surface area contributed by atoms with E-state index in [1.165, 1.54) is 12.5 Å². The molecule has 0 spiro atoms. The van der Waals surface area contributed by atoms with Crippen LogP contribution in [0.5, 0.6) is 0 Å². The van der Waals surface area contributed by atoms with Crippen LogP contribution in [0.2, 0.25) is 0 Å². The van der Waals surface area contributed by atoms with E-state index in [2.05, 4.69) is 4.98 Å². The third-order valence-electron chi connectivity index (χ3n) is 0.847. The molecule has 0 aliphatic heterocycles. The second kappa shape index (κ2) is 2.06. The van der Waals surface area contributed by atoms with Crippen molar-refractivity contribution in [3.05, 3.63) is 18.2 Å². The van der Waals surface area contributed by atoms with Crippen molar-refractivity contribution in [1.82, 2.24) is 9.07 Å². The third-order valence-corrected chi connectivity index (χ3v) is 1.12. The molecule has 0 atom stereocenters. The van der Waals surface area contributed by atoms with E-state index in [0.29, 0.717) is 0 Å². The van der Waals surface area contributed by atoms with Crippen LogP contribution >= 0.6 is 11.8 Å². The molecular weight excluding hydrogens is 142 g/mol. The average Bonchev–Trinajstić information content (AvgIpc) is 2.13. The van der Waals surface area contributed by atoms with Crippen LogP contribution in [0.15, 0.2) is 12.5 Å². The van der Waals surface area contributed by atoms with Gasteiger partial charge in [-0.25, -0.2) is 9.07 Å². The molecule has 2 N–H and O–H groups in total. The first-order valence-electron chi connectivity index (χ1n) is 2.20. The maximum Gasteiger partial charge on any atom is 0.268 e. The predicted octanol–water partition coefficient (Wildman–Crippen LogP) is -0.0161. The topological polar surface area (TPSA) is 60.9 Å². The van der Waals surface area contributed by atoms with E-state index in [9.17, 15) is 4.79 Å². The highest BCUT2D eigenvalue weighted by Gasteiger charge is 2.03. The molecule has 9 heavy (non-hydrogen) atoms. The molecule has 1 amide bonds. The number of hydrogen-bond donors (Lipinski definition) is 1. The predicted molar refractivity (Wildman–Crippen MR) is 32.0 cm³/mol. The van der Waals surface area contributed by atoms with Crippen molar-refractivity contribution in [2.24, 2.45) is 5.73 Å². The molecule has 0 saturated heterocycles. The first-order chi connectivity index (χ1) is 4.22. The van der Waals surface area contributed by atoms with Crippen molar-refractivity contribution in [1.29, 1.82) is 0 Å². The van der Waals surface area contributed by atoms with Crippen LogP contribution in [-0.4, -0.2) is 15.0 Å². The number of amides is 1. The highest BCUT2D eigenvalue weighted by molar-refractivity contribution is 6.17. The van der Waals surface area contributed by atoms with Gasteiger partial charge in [-0.3, -0.25) is 4.79 Å². The lowest BCUT2D eigenvalue weighted by molar-refractivity contribution is 0.0995. The maximum absolute atomic E-state index is 10.4. The van der Waals surface area contributed by atoms with E-state index >= 15 is 0 Å². The van der Waals surface area contributed by atoms with Crippen LogP contribution in [0, 0.1) is 0 Å². The zero-order valence-electron chi connectivity index (χ0n) is 4.41. The van der Waals surface area contributed by atoms with Gasteiger partial charge >= 0.3 is 0 Å². The molecule has 1 aromatic rings. The van der Waals surface area contributed by atoms with Crippen molar-refractivity contribution in [2.45, 2.75) is 0 Å². The molecule has 0 unspecified atom stereocenters. The van der Waals surface area contributed by atoms with E-state index < -0.39 is 5.91 Å². The Hall–Kier alpha value is -1.03. The number of aromatic nitrogens is 2. The number of imidazole rings is 1. The second-order valence-electron chi connectivity index (χ2n) is 1.45. The molecule has 5 heteroatoms. The van der Waals surface area contributed by atoms with Gasteiger partial charge in [0.25, 0.3) is 5.91 Å². The Morgan fingerprint density at radius 2 is 2.56 bits per heavy atom.